The van der Waals surface area contributed by atoms with Crippen LogP contribution in [0.25, 0.3) is 16.7 Å². The molecule has 5 heteroatoms. The van der Waals surface area contributed by atoms with Gasteiger partial charge in [0.1, 0.15) is 5.82 Å². The van der Waals surface area contributed by atoms with E-state index in [1.807, 2.05) is 10.6 Å². The third kappa shape index (κ3) is 1.58. The van der Waals surface area contributed by atoms with E-state index in [4.69, 9.17) is 0 Å². The first-order chi connectivity index (χ1) is 9.33. The highest BCUT2D eigenvalue weighted by Crippen LogP contribution is 2.26. The fourth-order valence-electron chi connectivity index (χ4n) is 2.76. The number of halogens is 1. The Labute approximate surface area is 109 Å². The first-order valence-electron chi connectivity index (χ1n) is 6.50. The van der Waals surface area contributed by atoms with Crippen molar-refractivity contribution < 1.29 is 4.39 Å². The molecule has 0 spiro atoms. The zero-order chi connectivity index (χ0) is 12.8. The molecule has 0 bridgehead atoms. The summed E-state index contributed by atoms with van der Waals surface area (Å²) in [6.45, 7) is 1.99. The molecule has 4 rings (SSSR count). The standard InChI is InChI=1S/C14H13FN4/c15-10-3-4-12-11(9-10)17-14(18-6-1-2-7-18)13-16-5-8-19(12)13/h3-5,8-9H,1-2,6-7H2. The lowest BCUT2D eigenvalue weighted by atomic mass is 10.3. The van der Waals surface area contributed by atoms with Crippen LogP contribution in [0.3, 0.4) is 0 Å². The second-order valence-electron chi connectivity index (χ2n) is 4.88. The van der Waals surface area contributed by atoms with Gasteiger partial charge in [0.15, 0.2) is 11.5 Å². The summed E-state index contributed by atoms with van der Waals surface area (Å²) in [5, 5.41) is 0. The van der Waals surface area contributed by atoms with Gasteiger partial charge < -0.3 is 4.90 Å². The van der Waals surface area contributed by atoms with E-state index in [0.717, 1.165) is 30.1 Å². The lowest BCUT2D eigenvalue weighted by molar-refractivity contribution is 0.629. The van der Waals surface area contributed by atoms with E-state index in [-0.39, 0.29) is 5.82 Å². The maximum atomic E-state index is 13.4. The SMILES string of the molecule is Fc1ccc2c(c1)nc(N1CCCC1)c1nccn12. The van der Waals surface area contributed by atoms with Gasteiger partial charge in [-0.3, -0.25) is 4.40 Å². The smallest absolute Gasteiger partial charge is 0.180 e. The first-order valence-corrected chi connectivity index (χ1v) is 6.50. The largest absolute Gasteiger partial charge is 0.354 e. The van der Waals surface area contributed by atoms with Gasteiger partial charge in [-0.15, -0.1) is 0 Å². The Hall–Kier alpha value is -2.17. The molecule has 1 saturated heterocycles. The number of hydrogen-bond acceptors (Lipinski definition) is 3. The molecule has 0 saturated carbocycles. The normalized spacial score (nSPS) is 15.7. The van der Waals surface area contributed by atoms with Gasteiger partial charge in [0.25, 0.3) is 0 Å². The van der Waals surface area contributed by atoms with Crippen molar-refractivity contribution in [2.75, 3.05) is 18.0 Å². The topological polar surface area (TPSA) is 33.4 Å². The van der Waals surface area contributed by atoms with Gasteiger partial charge >= 0.3 is 0 Å². The molecule has 0 radical (unpaired) electrons. The van der Waals surface area contributed by atoms with Crippen LogP contribution in [-0.4, -0.2) is 27.5 Å². The second-order valence-corrected chi connectivity index (χ2v) is 4.88. The lowest BCUT2D eigenvalue weighted by Crippen LogP contribution is -2.20. The molecule has 1 fully saturated rings. The van der Waals surface area contributed by atoms with Crippen molar-refractivity contribution in [3.63, 3.8) is 0 Å². The Bertz CT molecular complexity index is 759. The molecule has 1 aromatic carbocycles. The van der Waals surface area contributed by atoms with Crippen LogP contribution >= 0.6 is 0 Å². The average molecular weight is 256 g/mol. The average Bonchev–Trinajstić information content (AvgIpc) is 3.08. The molecule has 3 heterocycles. The molecule has 0 unspecified atom stereocenters. The summed E-state index contributed by atoms with van der Waals surface area (Å²) >= 11 is 0. The van der Waals surface area contributed by atoms with Crippen LogP contribution in [0.5, 0.6) is 0 Å². The molecular formula is C14H13FN4. The molecule has 0 aliphatic carbocycles. The van der Waals surface area contributed by atoms with Crippen LogP contribution in [0.2, 0.25) is 0 Å². The van der Waals surface area contributed by atoms with Gasteiger partial charge in [0.05, 0.1) is 11.0 Å². The summed E-state index contributed by atoms with van der Waals surface area (Å²) < 4.78 is 15.4. The van der Waals surface area contributed by atoms with Crippen molar-refractivity contribution in [2.45, 2.75) is 12.8 Å². The fourth-order valence-corrected chi connectivity index (χ4v) is 2.76. The van der Waals surface area contributed by atoms with Gasteiger partial charge in [0, 0.05) is 31.5 Å². The summed E-state index contributed by atoms with van der Waals surface area (Å²) in [5.74, 6) is 0.604. The maximum absolute atomic E-state index is 13.4. The number of aromatic nitrogens is 3. The third-order valence-corrected chi connectivity index (χ3v) is 3.67. The van der Waals surface area contributed by atoms with Gasteiger partial charge in [-0.25, -0.2) is 14.4 Å². The van der Waals surface area contributed by atoms with Gasteiger partial charge in [-0.05, 0) is 25.0 Å². The van der Waals surface area contributed by atoms with Crippen LogP contribution in [0, 0.1) is 5.82 Å². The zero-order valence-electron chi connectivity index (χ0n) is 10.4. The summed E-state index contributed by atoms with van der Waals surface area (Å²) in [4.78, 5) is 11.3. The monoisotopic (exact) mass is 256 g/mol. The van der Waals surface area contributed by atoms with Gasteiger partial charge in [0.2, 0.25) is 0 Å². The number of hydrogen-bond donors (Lipinski definition) is 0. The number of benzene rings is 1. The Kier molecular flexibility index (Phi) is 2.21. The minimum Gasteiger partial charge on any atom is -0.354 e. The first kappa shape index (κ1) is 10.7. The van der Waals surface area contributed by atoms with E-state index in [1.165, 1.54) is 25.0 Å². The Morgan fingerprint density at radius 3 is 2.84 bits per heavy atom. The summed E-state index contributed by atoms with van der Waals surface area (Å²) in [7, 11) is 0. The molecule has 96 valence electrons. The number of imidazole rings is 1. The van der Waals surface area contributed by atoms with Crippen LogP contribution in [0.4, 0.5) is 10.2 Å². The summed E-state index contributed by atoms with van der Waals surface area (Å²) in [5.41, 5.74) is 2.41. The molecule has 0 N–H and O–H groups in total. The lowest BCUT2D eigenvalue weighted by Gasteiger charge is -2.18. The van der Waals surface area contributed by atoms with Crippen LogP contribution in [0.1, 0.15) is 12.8 Å². The predicted molar refractivity (Wildman–Crippen MR) is 71.9 cm³/mol. The molecule has 1 aliphatic rings. The van der Waals surface area contributed by atoms with Gasteiger partial charge in [-0.2, -0.15) is 0 Å². The van der Waals surface area contributed by atoms with E-state index >= 15 is 0 Å². The molecule has 0 amide bonds. The summed E-state index contributed by atoms with van der Waals surface area (Å²) in [6, 6.07) is 4.69. The number of fused-ring (bicyclic) bond motifs is 3. The number of anilines is 1. The highest BCUT2D eigenvalue weighted by atomic mass is 19.1. The van der Waals surface area contributed by atoms with Crippen molar-refractivity contribution in [3.8, 4) is 0 Å². The molecule has 1 aliphatic heterocycles. The predicted octanol–water partition coefficient (Wildman–Crippen LogP) is 2.62. The number of nitrogens with zero attached hydrogens (tertiary/aromatic N) is 4. The molecule has 4 nitrogen and oxygen atoms in total. The minimum atomic E-state index is -0.258. The second kappa shape index (κ2) is 3.91. The quantitative estimate of drug-likeness (QED) is 0.671. The fraction of sp³-hybridized carbons (Fsp3) is 0.286. The molecule has 0 atom stereocenters. The molecule has 19 heavy (non-hydrogen) atoms. The highest BCUT2D eigenvalue weighted by molar-refractivity contribution is 5.83. The molecular weight excluding hydrogens is 243 g/mol. The third-order valence-electron chi connectivity index (χ3n) is 3.67. The Morgan fingerprint density at radius 2 is 2.00 bits per heavy atom. The summed E-state index contributed by atoms with van der Waals surface area (Å²) in [6.07, 6.45) is 6.02. The van der Waals surface area contributed by atoms with E-state index in [2.05, 4.69) is 14.9 Å². The van der Waals surface area contributed by atoms with Crippen molar-refractivity contribution in [1.29, 1.82) is 0 Å². The Balaban J connectivity index is 2.06. The minimum absolute atomic E-state index is 0.258. The van der Waals surface area contributed by atoms with E-state index in [9.17, 15) is 4.39 Å². The van der Waals surface area contributed by atoms with Crippen molar-refractivity contribution in [3.05, 3.63) is 36.4 Å². The zero-order valence-corrected chi connectivity index (χ0v) is 10.4. The van der Waals surface area contributed by atoms with Gasteiger partial charge in [-0.1, -0.05) is 0 Å². The van der Waals surface area contributed by atoms with Crippen LogP contribution in [-0.2, 0) is 0 Å². The van der Waals surface area contributed by atoms with E-state index in [0.29, 0.717) is 5.52 Å². The van der Waals surface area contributed by atoms with Crippen LogP contribution < -0.4 is 4.90 Å². The van der Waals surface area contributed by atoms with Crippen molar-refractivity contribution >= 4 is 22.5 Å². The van der Waals surface area contributed by atoms with E-state index in [1.54, 1.807) is 12.3 Å². The Morgan fingerprint density at radius 1 is 1.16 bits per heavy atom. The number of rotatable bonds is 1. The maximum Gasteiger partial charge on any atom is 0.180 e. The van der Waals surface area contributed by atoms with Crippen molar-refractivity contribution in [2.24, 2.45) is 0 Å². The molecule has 2 aromatic heterocycles. The van der Waals surface area contributed by atoms with Crippen LogP contribution in [0.15, 0.2) is 30.6 Å². The van der Waals surface area contributed by atoms with E-state index < -0.39 is 0 Å². The molecule has 3 aromatic rings. The van der Waals surface area contributed by atoms with Crippen molar-refractivity contribution in [1.82, 2.24) is 14.4 Å². The highest BCUT2D eigenvalue weighted by Gasteiger charge is 2.19.